The van der Waals surface area contributed by atoms with Crippen LogP contribution >= 0.6 is 11.8 Å². The third-order valence-electron chi connectivity index (χ3n) is 6.16. The van der Waals surface area contributed by atoms with Crippen molar-refractivity contribution in [2.24, 2.45) is 0 Å². The van der Waals surface area contributed by atoms with Gasteiger partial charge in [-0.05, 0) is 44.6 Å². The normalized spacial score (nSPS) is 16.1. The van der Waals surface area contributed by atoms with Crippen LogP contribution in [0.5, 0.6) is 11.5 Å². The molecule has 10 heteroatoms. The highest BCUT2D eigenvalue weighted by Crippen LogP contribution is 2.31. The number of imide groups is 1. The van der Waals surface area contributed by atoms with Gasteiger partial charge in [-0.3, -0.25) is 19.1 Å². The maximum Gasteiger partial charge on any atom is 0.324 e. The van der Waals surface area contributed by atoms with E-state index in [0.717, 1.165) is 19.3 Å². The van der Waals surface area contributed by atoms with Crippen LogP contribution in [-0.2, 0) is 11.3 Å². The Morgan fingerprint density at radius 3 is 2.56 bits per heavy atom. The predicted molar refractivity (Wildman–Crippen MR) is 131 cm³/mol. The molecule has 1 aromatic carbocycles. The zero-order chi connectivity index (χ0) is 24.1. The number of rotatable bonds is 10. The van der Waals surface area contributed by atoms with Gasteiger partial charge in [0.15, 0.2) is 16.7 Å². The first-order chi connectivity index (χ1) is 16.5. The van der Waals surface area contributed by atoms with Crippen molar-refractivity contribution in [3.63, 3.8) is 0 Å². The van der Waals surface area contributed by atoms with Gasteiger partial charge in [-0.15, -0.1) is 0 Å². The molecule has 0 bridgehead atoms. The number of methoxy groups -OCH3 is 2. The van der Waals surface area contributed by atoms with Crippen LogP contribution in [0.4, 0.5) is 4.79 Å². The van der Waals surface area contributed by atoms with Gasteiger partial charge in [0.25, 0.3) is 5.56 Å². The quantitative estimate of drug-likeness (QED) is 0.181. The van der Waals surface area contributed by atoms with Crippen LogP contribution in [0.3, 0.4) is 0 Å². The molecule has 4 rings (SSSR count). The second-order valence-corrected chi connectivity index (χ2v) is 9.40. The second kappa shape index (κ2) is 10.9. The third kappa shape index (κ3) is 5.22. The summed E-state index contributed by atoms with van der Waals surface area (Å²) in [5.41, 5.74) is 1.83. The molecule has 0 atom stereocenters. The van der Waals surface area contributed by atoms with Crippen molar-refractivity contribution in [1.82, 2.24) is 19.8 Å². The van der Waals surface area contributed by atoms with Crippen molar-refractivity contribution in [3.05, 3.63) is 34.1 Å². The van der Waals surface area contributed by atoms with E-state index in [1.165, 1.54) is 35.1 Å². The van der Waals surface area contributed by atoms with Crippen LogP contribution in [0.25, 0.3) is 10.9 Å². The van der Waals surface area contributed by atoms with Crippen LogP contribution in [-0.4, -0.2) is 59.5 Å². The van der Waals surface area contributed by atoms with E-state index in [4.69, 9.17) is 14.5 Å². The Kier molecular flexibility index (Phi) is 7.77. The van der Waals surface area contributed by atoms with Crippen LogP contribution < -0.4 is 20.3 Å². The molecule has 0 saturated carbocycles. The smallest absolute Gasteiger partial charge is 0.324 e. The van der Waals surface area contributed by atoms with E-state index in [0.29, 0.717) is 52.8 Å². The molecule has 0 spiro atoms. The number of carbonyl (C=O) groups excluding carboxylic acids is 2. The number of allylic oxidation sites excluding steroid dienone is 2. The van der Waals surface area contributed by atoms with Gasteiger partial charge in [-0.2, -0.15) is 0 Å². The standard InChI is InChI=1S/C24H30N4O5S/c1-32-19-13-17-18(14-20(19)33-2)26-24(34-12-6-10-27-21(29)15-25-23(27)31)28(22(17)30)11-9-16-7-4-3-5-8-16/h7,13-14H,3-6,8-12,15H2,1-2H3,(H,25,31). The Bertz CT molecular complexity index is 1160. The van der Waals surface area contributed by atoms with E-state index in [9.17, 15) is 14.4 Å². The van der Waals surface area contributed by atoms with E-state index in [2.05, 4.69) is 11.4 Å². The van der Waals surface area contributed by atoms with E-state index < -0.39 is 0 Å². The Hall–Kier alpha value is -3.01. The molecule has 1 aromatic heterocycles. The van der Waals surface area contributed by atoms with Gasteiger partial charge in [0.2, 0.25) is 5.91 Å². The highest BCUT2D eigenvalue weighted by molar-refractivity contribution is 7.99. The summed E-state index contributed by atoms with van der Waals surface area (Å²) in [6.45, 7) is 0.948. The average molecular weight is 487 g/mol. The zero-order valence-electron chi connectivity index (χ0n) is 19.6. The minimum Gasteiger partial charge on any atom is -0.493 e. The minimum atomic E-state index is -0.350. The monoisotopic (exact) mass is 486 g/mol. The van der Waals surface area contributed by atoms with Crippen molar-refractivity contribution in [3.8, 4) is 11.5 Å². The maximum atomic E-state index is 13.5. The molecular weight excluding hydrogens is 456 g/mol. The number of carbonyl (C=O) groups is 2. The topological polar surface area (TPSA) is 103 Å². The first kappa shape index (κ1) is 24.1. The molecule has 2 aromatic rings. The number of hydrogen-bond donors (Lipinski definition) is 1. The number of urea groups is 1. The molecule has 9 nitrogen and oxygen atoms in total. The van der Waals surface area contributed by atoms with Gasteiger partial charge in [0, 0.05) is 24.9 Å². The van der Waals surface area contributed by atoms with E-state index in [1.54, 1.807) is 30.9 Å². The lowest BCUT2D eigenvalue weighted by molar-refractivity contribution is -0.124. The fourth-order valence-electron chi connectivity index (χ4n) is 4.29. The van der Waals surface area contributed by atoms with Gasteiger partial charge in [0.1, 0.15) is 0 Å². The van der Waals surface area contributed by atoms with Crippen molar-refractivity contribution >= 4 is 34.6 Å². The predicted octanol–water partition coefficient (Wildman–Crippen LogP) is 3.34. The fourth-order valence-corrected chi connectivity index (χ4v) is 5.24. The van der Waals surface area contributed by atoms with Crippen LogP contribution in [0.1, 0.15) is 38.5 Å². The number of aromatic nitrogens is 2. The van der Waals surface area contributed by atoms with Gasteiger partial charge in [0.05, 0.1) is 31.7 Å². The summed E-state index contributed by atoms with van der Waals surface area (Å²) in [5.74, 6) is 1.41. The number of nitrogens with zero attached hydrogens (tertiary/aromatic N) is 3. The lowest BCUT2D eigenvalue weighted by Gasteiger charge is -2.17. The lowest BCUT2D eigenvalue weighted by atomic mass is 9.97. The Labute approximate surface area is 202 Å². The molecule has 2 aliphatic rings. The number of fused-ring (bicyclic) bond motifs is 1. The van der Waals surface area contributed by atoms with Crippen LogP contribution in [0, 0.1) is 0 Å². The van der Waals surface area contributed by atoms with E-state index in [-0.39, 0.29) is 24.0 Å². The molecule has 1 aliphatic heterocycles. The first-order valence-electron chi connectivity index (χ1n) is 11.6. The highest BCUT2D eigenvalue weighted by atomic mass is 32.2. The van der Waals surface area contributed by atoms with Crippen molar-refractivity contribution in [2.45, 2.75) is 50.2 Å². The van der Waals surface area contributed by atoms with Gasteiger partial charge >= 0.3 is 6.03 Å². The number of ether oxygens (including phenoxy) is 2. The van der Waals surface area contributed by atoms with Gasteiger partial charge in [-0.25, -0.2) is 9.78 Å². The van der Waals surface area contributed by atoms with E-state index in [1.807, 2.05) is 0 Å². The van der Waals surface area contributed by atoms with Crippen LogP contribution in [0.15, 0.2) is 33.7 Å². The molecule has 1 fully saturated rings. The summed E-state index contributed by atoms with van der Waals surface area (Å²) in [5, 5.41) is 3.64. The molecule has 1 N–H and O–H groups in total. The summed E-state index contributed by atoms with van der Waals surface area (Å²) in [6, 6.07) is 3.06. The van der Waals surface area contributed by atoms with Crippen molar-refractivity contribution < 1.29 is 19.1 Å². The molecule has 2 heterocycles. The fraction of sp³-hybridized carbons (Fsp3) is 0.500. The Balaban J connectivity index is 1.58. The van der Waals surface area contributed by atoms with Gasteiger partial charge in [-0.1, -0.05) is 23.4 Å². The molecule has 0 radical (unpaired) electrons. The second-order valence-electron chi connectivity index (χ2n) is 8.34. The lowest BCUT2D eigenvalue weighted by Crippen LogP contribution is -2.32. The third-order valence-corrected chi connectivity index (χ3v) is 7.22. The largest absolute Gasteiger partial charge is 0.493 e. The summed E-state index contributed by atoms with van der Waals surface area (Å²) in [7, 11) is 3.09. The highest BCUT2D eigenvalue weighted by Gasteiger charge is 2.27. The summed E-state index contributed by atoms with van der Waals surface area (Å²) in [4.78, 5) is 43.1. The maximum absolute atomic E-state index is 13.5. The minimum absolute atomic E-state index is 0.0545. The van der Waals surface area contributed by atoms with E-state index >= 15 is 0 Å². The SMILES string of the molecule is COc1cc2nc(SCCCN3C(=O)CNC3=O)n(CCC3=CCCCC3)c(=O)c2cc1OC. The Morgan fingerprint density at radius 2 is 1.88 bits per heavy atom. The first-order valence-corrected chi connectivity index (χ1v) is 12.6. The number of benzene rings is 1. The van der Waals surface area contributed by atoms with Gasteiger partial charge < -0.3 is 14.8 Å². The summed E-state index contributed by atoms with van der Waals surface area (Å²) in [6.07, 6.45) is 8.31. The molecule has 3 amide bonds. The molecule has 182 valence electrons. The number of nitrogens with one attached hydrogen (secondary N) is 1. The summed E-state index contributed by atoms with van der Waals surface area (Å²) >= 11 is 1.46. The summed E-state index contributed by atoms with van der Waals surface area (Å²) < 4.78 is 12.5. The van der Waals surface area contributed by atoms with Crippen molar-refractivity contribution in [2.75, 3.05) is 33.1 Å². The molecular formula is C24H30N4O5S. The molecule has 1 aliphatic carbocycles. The molecule has 1 saturated heterocycles. The van der Waals surface area contributed by atoms with Crippen LogP contribution in [0.2, 0.25) is 0 Å². The number of thioether (sulfide) groups is 1. The Morgan fingerprint density at radius 1 is 1.09 bits per heavy atom. The number of hydrogen-bond acceptors (Lipinski definition) is 7. The van der Waals surface area contributed by atoms with Crippen molar-refractivity contribution in [1.29, 1.82) is 0 Å². The average Bonchev–Trinajstić information content (AvgIpc) is 3.18. The number of amides is 3. The zero-order valence-corrected chi connectivity index (χ0v) is 20.4. The molecule has 34 heavy (non-hydrogen) atoms. The molecule has 0 unspecified atom stereocenters.